The zero-order valence-electron chi connectivity index (χ0n) is 15.0. The number of benzene rings is 1. The molecule has 7 nitrogen and oxygen atoms in total. The number of hydrogen-bond donors (Lipinski definition) is 1. The van der Waals surface area contributed by atoms with Crippen molar-refractivity contribution in [1.29, 1.82) is 0 Å². The molecular weight excluding hydrogens is 391 g/mol. The summed E-state index contributed by atoms with van der Waals surface area (Å²) in [4.78, 5) is 20.7. The molecule has 0 radical (unpaired) electrons. The second-order valence-electron chi connectivity index (χ2n) is 6.35. The minimum absolute atomic E-state index is 0.0766. The largest absolute Gasteiger partial charge is 0.573 e. The molecule has 0 amide bonds. The third-order valence-corrected chi connectivity index (χ3v) is 4.29. The first-order chi connectivity index (χ1) is 13.7. The number of fused-ring (bicyclic) bond motifs is 1. The number of aromatic nitrogens is 2. The van der Waals surface area contributed by atoms with E-state index in [1.165, 1.54) is 18.2 Å². The Balaban J connectivity index is 1.73. The second kappa shape index (κ2) is 6.80. The first kappa shape index (κ1) is 18.8. The summed E-state index contributed by atoms with van der Waals surface area (Å²) in [6, 6.07) is 8.94. The highest BCUT2D eigenvalue weighted by molar-refractivity contribution is 5.99. The molecule has 3 heterocycles. The topological polar surface area (TPSA) is 100 Å². The number of para-hydroxylation sites is 1. The second-order valence-corrected chi connectivity index (χ2v) is 6.35. The molecule has 1 aliphatic rings. The molecule has 0 aliphatic carbocycles. The first-order valence-electron chi connectivity index (χ1n) is 8.50. The molecule has 1 aromatic carbocycles. The molecule has 0 saturated carbocycles. The van der Waals surface area contributed by atoms with Crippen molar-refractivity contribution in [1.82, 2.24) is 9.97 Å². The molecule has 10 heteroatoms. The van der Waals surface area contributed by atoms with E-state index in [-0.39, 0.29) is 40.6 Å². The average molecular weight is 405 g/mol. The van der Waals surface area contributed by atoms with Gasteiger partial charge in [-0.15, -0.1) is 13.2 Å². The molecule has 0 spiro atoms. The number of hydrogen-bond acceptors (Lipinski definition) is 7. The van der Waals surface area contributed by atoms with Crippen LogP contribution in [0.3, 0.4) is 0 Å². The minimum atomic E-state index is -4.85. The van der Waals surface area contributed by atoms with E-state index >= 15 is 0 Å². The van der Waals surface area contributed by atoms with Crippen LogP contribution in [0.5, 0.6) is 5.75 Å². The van der Waals surface area contributed by atoms with Gasteiger partial charge < -0.3 is 19.6 Å². The van der Waals surface area contributed by atoms with E-state index in [0.29, 0.717) is 11.5 Å². The molecule has 0 fully saturated rings. The lowest BCUT2D eigenvalue weighted by molar-refractivity contribution is -0.275. The van der Waals surface area contributed by atoms with Gasteiger partial charge in [0.25, 0.3) is 0 Å². The number of aryl methyl sites for hydroxylation is 1. The van der Waals surface area contributed by atoms with Crippen molar-refractivity contribution in [2.24, 2.45) is 0 Å². The van der Waals surface area contributed by atoms with E-state index < -0.39 is 18.4 Å². The number of rotatable bonds is 4. The van der Waals surface area contributed by atoms with Crippen LogP contribution >= 0.6 is 0 Å². The standard InChI is InChI=1S/C19H14F3N3O4/c1-9-6-7-12(27-9)15-14-16(25-18(23)24-15)13(28-17(14)26)8-10-4-2-3-5-11(10)29-19(20,21)22/h2-7,13H,8H2,1H3,(H2,23,24,25). The van der Waals surface area contributed by atoms with Crippen molar-refractivity contribution in [2.75, 3.05) is 5.73 Å². The smallest absolute Gasteiger partial charge is 0.460 e. The number of furan rings is 1. The minimum Gasteiger partial charge on any atom is -0.460 e. The third kappa shape index (κ3) is 3.73. The lowest BCUT2D eigenvalue weighted by atomic mass is 10.0. The van der Waals surface area contributed by atoms with Crippen molar-refractivity contribution in [3.63, 3.8) is 0 Å². The average Bonchev–Trinajstić information content (AvgIpc) is 3.19. The van der Waals surface area contributed by atoms with Gasteiger partial charge in [0.1, 0.15) is 34.6 Å². The highest BCUT2D eigenvalue weighted by Gasteiger charge is 2.39. The van der Waals surface area contributed by atoms with Crippen molar-refractivity contribution in [3.05, 3.63) is 59.0 Å². The maximum absolute atomic E-state index is 12.7. The van der Waals surface area contributed by atoms with E-state index in [4.69, 9.17) is 14.9 Å². The predicted molar refractivity (Wildman–Crippen MR) is 93.9 cm³/mol. The molecule has 150 valence electrons. The monoisotopic (exact) mass is 405 g/mol. The van der Waals surface area contributed by atoms with Crippen molar-refractivity contribution in [2.45, 2.75) is 25.8 Å². The van der Waals surface area contributed by atoms with Crippen LogP contribution in [-0.2, 0) is 11.2 Å². The van der Waals surface area contributed by atoms with Gasteiger partial charge >= 0.3 is 12.3 Å². The predicted octanol–water partition coefficient (Wildman–Crippen LogP) is 3.98. The normalized spacial score (nSPS) is 15.9. The summed E-state index contributed by atoms with van der Waals surface area (Å²) in [5.74, 6) is -0.286. The number of nitrogens with two attached hydrogens (primary N) is 1. The number of anilines is 1. The summed E-state index contributed by atoms with van der Waals surface area (Å²) in [6.45, 7) is 1.73. The lowest BCUT2D eigenvalue weighted by Crippen LogP contribution is -2.18. The summed E-state index contributed by atoms with van der Waals surface area (Å²) in [7, 11) is 0. The molecule has 3 aromatic rings. The zero-order chi connectivity index (χ0) is 20.8. The summed E-state index contributed by atoms with van der Waals surface area (Å²) in [5.41, 5.74) is 6.42. The van der Waals surface area contributed by atoms with Gasteiger partial charge in [-0.3, -0.25) is 0 Å². The van der Waals surface area contributed by atoms with Crippen LogP contribution in [-0.4, -0.2) is 22.3 Å². The van der Waals surface area contributed by atoms with Gasteiger partial charge in [0, 0.05) is 6.42 Å². The molecule has 1 atom stereocenters. The van der Waals surface area contributed by atoms with Gasteiger partial charge in [0.05, 0.1) is 0 Å². The number of carbonyl (C=O) groups excluding carboxylic acids is 1. The highest BCUT2D eigenvalue weighted by atomic mass is 19.4. The number of nitrogen functional groups attached to an aromatic ring is 1. The molecule has 1 aliphatic heterocycles. The van der Waals surface area contributed by atoms with Crippen LogP contribution in [0, 0.1) is 6.92 Å². The number of nitrogens with zero attached hydrogens (tertiary/aromatic N) is 2. The van der Waals surface area contributed by atoms with Gasteiger partial charge in [-0.1, -0.05) is 18.2 Å². The van der Waals surface area contributed by atoms with Crippen LogP contribution in [0.2, 0.25) is 0 Å². The van der Waals surface area contributed by atoms with E-state index in [1.54, 1.807) is 25.1 Å². The van der Waals surface area contributed by atoms with Gasteiger partial charge in [-0.05, 0) is 30.7 Å². The van der Waals surface area contributed by atoms with Gasteiger partial charge in [-0.2, -0.15) is 0 Å². The van der Waals surface area contributed by atoms with E-state index in [2.05, 4.69) is 14.7 Å². The molecule has 0 saturated heterocycles. The van der Waals surface area contributed by atoms with Crippen molar-refractivity contribution < 1.29 is 31.9 Å². The van der Waals surface area contributed by atoms with Crippen molar-refractivity contribution >= 4 is 11.9 Å². The summed E-state index contributed by atoms with van der Waals surface area (Å²) < 4.78 is 53.0. The van der Waals surface area contributed by atoms with Crippen LogP contribution in [0.4, 0.5) is 19.1 Å². The third-order valence-electron chi connectivity index (χ3n) is 4.29. The fourth-order valence-electron chi connectivity index (χ4n) is 3.15. The number of esters is 1. The molecule has 2 N–H and O–H groups in total. The molecule has 0 bridgehead atoms. The Morgan fingerprint density at radius 1 is 1.17 bits per heavy atom. The fraction of sp³-hybridized carbons (Fsp3) is 0.211. The van der Waals surface area contributed by atoms with Gasteiger partial charge in [-0.25, -0.2) is 14.8 Å². The molecule has 1 unspecified atom stereocenters. The fourth-order valence-corrected chi connectivity index (χ4v) is 3.15. The Kier molecular flexibility index (Phi) is 4.40. The van der Waals surface area contributed by atoms with Gasteiger partial charge in [0.15, 0.2) is 5.76 Å². The van der Waals surface area contributed by atoms with E-state index in [0.717, 1.165) is 0 Å². The Morgan fingerprint density at radius 2 is 1.93 bits per heavy atom. The lowest BCUT2D eigenvalue weighted by Gasteiger charge is -2.15. The van der Waals surface area contributed by atoms with E-state index in [1.807, 2.05) is 0 Å². The summed E-state index contributed by atoms with van der Waals surface area (Å²) in [5, 5.41) is 0. The van der Waals surface area contributed by atoms with Crippen molar-refractivity contribution in [3.8, 4) is 17.2 Å². The van der Waals surface area contributed by atoms with Crippen LogP contribution in [0.15, 0.2) is 40.8 Å². The molecular formula is C19H14F3N3O4. The van der Waals surface area contributed by atoms with E-state index in [9.17, 15) is 18.0 Å². The molecule has 2 aromatic heterocycles. The molecule has 4 rings (SSSR count). The summed E-state index contributed by atoms with van der Waals surface area (Å²) in [6.07, 6.45) is -5.88. The summed E-state index contributed by atoms with van der Waals surface area (Å²) >= 11 is 0. The Labute approximate surface area is 162 Å². The Hall–Kier alpha value is -3.56. The van der Waals surface area contributed by atoms with Crippen LogP contribution in [0.1, 0.15) is 33.5 Å². The zero-order valence-corrected chi connectivity index (χ0v) is 15.0. The van der Waals surface area contributed by atoms with Crippen LogP contribution < -0.4 is 10.5 Å². The van der Waals surface area contributed by atoms with Crippen LogP contribution in [0.25, 0.3) is 11.5 Å². The number of alkyl halides is 3. The Morgan fingerprint density at radius 3 is 2.62 bits per heavy atom. The Bertz CT molecular complexity index is 1090. The maximum atomic E-state index is 12.7. The number of ether oxygens (including phenoxy) is 2. The first-order valence-corrected chi connectivity index (χ1v) is 8.50. The highest BCUT2D eigenvalue weighted by Crippen LogP contribution is 2.39. The number of cyclic esters (lactones) is 1. The molecule has 29 heavy (non-hydrogen) atoms. The number of carbonyl (C=O) groups is 1. The van der Waals surface area contributed by atoms with Gasteiger partial charge in [0.2, 0.25) is 5.95 Å². The number of halogens is 3. The maximum Gasteiger partial charge on any atom is 0.573 e. The SMILES string of the molecule is Cc1ccc(-c2nc(N)nc3c2C(=O)OC3Cc2ccccc2OC(F)(F)F)o1. The quantitative estimate of drug-likeness (QED) is 0.655.